The van der Waals surface area contributed by atoms with Crippen LogP contribution in [-0.2, 0) is 26.1 Å². The van der Waals surface area contributed by atoms with Gasteiger partial charge in [0.05, 0.1) is 11.1 Å². The zero-order valence-corrected chi connectivity index (χ0v) is 22.2. The van der Waals surface area contributed by atoms with Crippen molar-refractivity contribution in [1.29, 1.82) is 0 Å². The van der Waals surface area contributed by atoms with Gasteiger partial charge in [0.1, 0.15) is 5.82 Å². The van der Waals surface area contributed by atoms with Crippen LogP contribution in [-0.4, -0.2) is 15.5 Å². The number of carbonyl (C=O) groups excluding carboxylic acids is 1. The summed E-state index contributed by atoms with van der Waals surface area (Å²) in [6.45, 7) is 1.83. The summed E-state index contributed by atoms with van der Waals surface area (Å²) in [4.78, 5) is 30.8. The number of carbonyl (C=O) groups is 1. The molecule has 0 bridgehead atoms. The minimum Gasteiger partial charge on any atom is -0.322 e. The molecule has 2 aromatic heterocycles. The molecule has 0 atom stereocenters. The average molecular weight is 560 g/mol. The first-order valence-electron chi connectivity index (χ1n) is 12.8. The molecule has 5 nitrogen and oxygen atoms in total. The van der Waals surface area contributed by atoms with Crippen LogP contribution in [0.25, 0.3) is 22.0 Å². The van der Waals surface area contributed by atoms with E-state index in [4.69, 9.17) is 0 Å². The number of hydrogen-bond donors (Lipinski definition) is 1. The van der Waals surface area contributed by atoms with Crippen molar-refractivity contribution in [2.24, 2.45) is 7.05 Å². The number of alkyl halides is 3. The fraction of sp³-hybridized carbons (Fsp3) is 0.156. The maximum atomic E-state index is 13.5. The molecule has 41 heavy (non-hydrogen) atoms. The number of hydrogen-bond acceptors (Lipinski definition) is 3. The third-order valence-corrected chi connectivity index (χ3v) is 6.99. The Morgan fingerprint density at radius 3 is 2.41 bits per heavy atom. The van der Waals surface area contributed by atoms with E-state index < -0.39 is 17.6 Å². The van der Waals surface area contributed by atoms with Crippen LogP contribution >= 0.6 is 0 Å². The van der Waals surface area contributed by atoms with E-state index >= 15 is 0 Å². The van der Waals surface area contributed by atoms with Gasteiger partial charge in [0.25, 0.3) is 11.5 Å². The van der Waals surface area contributed by atoms with Gasteiger partial charge >= 0.3 is 6.18 Å². The Morgan fingerprint density at radius 1 is 0.927 bits per heavy atom. The van der Waals surface area contributed by atoms with Crippen molar-refractivity contribution in [2.45, 2.75) is 25.9 Å². The van der Waals surface area contributed by atoms with Gasteiger partial charge in [-0.1, -0.05) is 24.3 Å². The van der Waals surface area contributed by atoms with Gasteiger partial charge in [0.2, 0.25) is 0 Å². The standard InChI is InChI=1S/C32H25F4N3O2/c1-19-6-12-26(38-30(40)21-4-3-5-23(14-21)32(34,35)36)16-27(19)28-15-22-18-37-25(17-29(22)39(2)31(28)41)13-9-20-7-10-24(33)11-8-20/h3-8,10-12,14-18H,9,13H2,1-2H3,(H,38,40). The third-order valence-electron chi connectivity index (χ3n) is 6.99. The molecule has 1 amide bonds. The molecule has 0 unspecified atom stereocenters. The van der Waals surface area contributed by atoms with Gasteiger partial charge in [-0.15, -0.1) is 0 Å². The summed E-state index contributed by atoms with van der Waals surface area (Å²) in [5.74, 6) is -0.989. The Kier molecular flexibility index (Phi) is 7.45. The molecule has 0 spiro atoms. The quantitative estimate of drug-likeness (QED) is 0.226. The second-order valence-electron chi connectivity index (χ2n) is 9.85. The van der Waals surface area contributed by atoms with Crippen LogP contribution in [0.2, 0.25) is 0 Å². The van der Waals surface area contributed by atoms with Crippen LogP contribution in [0.15, 0.2) is 89.9 Å². The Morgan fingerprint density at radius 2 is 1.68 bits per heavy atom. The third kappa shape index (κ3) is 6.04. The van der Waals surface area contributed by atoms with E-state index in [1.165, 1.54) is 24.3 Å². The monoisotopic (exact) mass is 559 g/mol. The molecular formula is C32H25F4N3O2. The Bertz CT molecular complexity index is 1830. The van der Waals surface area contributed by atoms with Gasteiger partial charge in [-0.05, 0) is 91.1 Å². The van der Waals surface area contributed by atoms with E-state index in [9.17, 15) is 27.2 Å². The summed E-state index contributed by atoms with van der Waals surface area (Å²) in [6.07, 6.45) is -1.58. The van der Waals surface area contributed by atoms with Crippen molar-refractivity contribution in [3.8, 4) is 11.1 Å². The molecule has 0 saturated heterocycles. The molecule has 0 radical (unpaired) electrons. The normalized spacial score (nSPS) is 11.6. The van der Waals surface area contributed by atoms with Crippen LogP contribution in [0.4, 0.5) is 23.2 Å². The second kappa shape index (κ2) is 11.0. The van der Waals surface area contributed by atoms with Gasteiger partial charge in [-0.25, -0.2) is 4.39 Å². The highest BCUT2D eigenvalue weighted by Crippen LogP contribution is 2.30. The van der Waals surface area contributed by atoms with E-state index in [0.717, 1.165) is 34.3 Å². The molecule has 2 heterocycles. The number of nitrogens with zero attached hydrogens (tertiary/aromatic N) is 2. The number of halogens is 4. The first-order valence-corrected chi connectivity index (χ1v) is 12.8. The molecule has 0 fully saturated rings. The molecule has 5 aromatic rings. The first-order chi connectivity index (χ1) is 19.5. The van der Waals surface area contributed by atoms with Crippen LogP contribution in [0, 0.1) is 12.7 Å². The number of anilines is 1. The van der Waals surface area contributed by atoms with Crippen LogP contribution in [0.5, 0.6) is 0 Å². The van der Waals surface area contributed by atoms with Gasteiger partial charge in [-0.2, -0.15) is 13.2 Å². The Balaban J connectivity index is 1.42. The second-order valence-corrected chi connectivity index (χ2v) is 9.85. The van der Waals surface area contributed by atoms with Crippen molar-refractivity contribution >= 4 is 22.5 Å². The van der Waals surface area contributed by atoms with Crippen molar-refractivity contribution in [2.75, 3.05) is 5.32 Å². The molecule has 0 aliphatic rings. The zero-order valence-electron chi connectivity index (χ0n) is 22.2. The van der Waals surface area contributed by atoms with E-state index in [-0.39, 0.29) is 16.9 Å². The lowest BCUT2D eigenvalue weighted by Crippen LogP contribution is -2.20. The predicted molar refractivity (Wildman–Crippen MR) is 150 cm³/mol. The number of rotatable bonds is 6. The molecule has 0 aliphatic carbocycles. The minimum atomic E-state index is -4.57. The van der Waals surface area contributed by atoms with Crippen molar-refractivity contribution in [3.63, 3.8) is 0 Å². The molecule has 0 saturated carbocycles. The lowest BCUT2D eigenvalue weighted by atomic mass is 9.99. The highest BCUT2D eigenvalue weighted by atomic mass is 19.4. The van der Waals surface area contributed by atoms with E-state index in [0.29, 0.717) is 35.2 Å². The number of benzene rings is 3. The zero-order chi connectivity index (χ0) is 29.3. The molecular weight excluding hydrogens is 534 g/mol. The van der Waals surface area contributed by atoms with Gasteiger partial charge in [0, 0.05) is 41.1 Å². The molecule has 208 valence electrons. The molecule has 1 N–H and O–H groups in total. The summed E-state index contributed by atoms with van der Waals surface area (Å²) >= 11 is 0. The average Bonchev–Trinajstić information content (AvgIpc) is 2.95. The summed E-state index contributed by atoms with van der Waals surface area (Å²) in [7, 11) is 1.67. The van der Waals surface area contributed by atoms with E-state index in [2.05, 4.69) is 10.3 Å². The van der Waals surface area contributed by atoms with E-state index in [1.54, 1.807) is 54.2 Å². The largest absolute Gasteiger partial charge is 0.416 e. The number of fused-ring (bicyclic) bond motifs is 1. The molecule has 5 rings (SSSR count). The lowest BCUT2D eigenvalue weighted by Gasteiger charge is -2.14. The number of amides is 1. The minimum absolute atomic E-state index is 0.134. The van der Waals surface area contributed by atoms with Crippen LogP contribution in [0.1, 0.15) is 32.7 Å². The SMILES string of the molecule is Cc1ccc(NC(=O)c2cccc(C(F)(F)F)c2)cc1-c1cc2cnc(CCc3ccc(F)cc3)cc2n(C)c1=O. The number of aromatic nitrogens is 2. The van der Waals surface area contributed by atoms with Gasteiger partial charge < -0.3 is 9.88 Å². The highest BCUT2D eigenvalue weighted by Gasteiger charge is 2.31. The molecule has 9 heteroatoms. The maximum Gasteiger partial charge on any atom is 0.416 e. The number of nitrogens with one attached hydrogen (secondary N) is 1. The summed E-state index contributed by atoms with van der Waals surface area (Å²) in [5.41, 5.74) is 3.27. The van der Waals surface area contributed by atoms with Crippen LogP contribution < -0.4 is 10.9 Å². The smallest absolute Gasteiger partial charge is 0.322 e. The maximum absolute atomic E-state index is 13.5. The lowest BCUT2D eigenvalue weighted by molar-refractivity contribution is -0.137. The fourth-order valence-corrected chi connectivity index (χ4v) is 4.69. The van der Waals surface area contributed by atoms with Crippen molar-refractivity contribution in [3.05, 3.63) is 129 Å². The van der Waals surface area contributed by atoms with Gasteiger partial charge in [-0.3, -0.25) is 14.6 Å². The summed E-state index contributed by atoms with van der Waals surface area (Å²) in [6, 6.07) is 19.1. The molecule has 0 aliphatic heterocycles. The molecule has 3 aromatic carbocycles. The highest BCUT2D eigenvalue weighted by molar-refractivity contribution is 6.04. The number of pyridine rings is 2. The topological polar surface area (TPSA) is 64.0 Å². The van der Waals surface area contributed by atoms with Crippen molar-refractivity contribution < 1.29 is 22.4 Å². The summed E-state index contributed by atoms with van der Waals surface area (Å²) in [5, 5.41) is 3.38. The predicted octanol–water partition coefficient (Wildman–Crippen LogP) is 7.10. The Hall–Kier alpha value is -4.79. The fourth-order valence-electron chi connectivity index (χ4n) is 4.69. The van der Waals surface area contributed by atoms with Crippen molar-refractivity contribution in [1.82, 2.24) is 9.55 Å². The number of aryl methyl sites for hydroxylation is 4. The first kappa shape index (κ1) is 27.8. The van der Waals surface area contributed by atoms with Gasteiger partial charge in [0.15, 0.2) is 0 Å². The summed E-state index contributed by atoms with van der Waals surface area (Å²) < 4.78 is 54.0. The Labute approximate surface area is 233 Å². The van der Waals surface area contributed by atoms with Crippen LogP contribution in [0.3, 0.4) is 0 Å². The van der Waals surface area contributed by atoms with E-state index in [1.807, 2.05) is 13.0 Å².